The molecule has 0 saturated carbocycles. The molecule has 9 heteroatoms. The summed E-state index contributed by atoms with van der Waals surface area (Å²) in [7, 11) is 1.72. The minimum atomic E-state index is -2.91. The van der Waals surface area contributed by atoms with Crippen LogP contribution in [0.15, 0.2) is 48.5 Å². The highest BCUT2D eigenvalue weighted by Crippen LogP contribution is 2.23. The monoisotopic (exact) mass is 379 g/mol. The predicted octanol–water partition coefficient (Wildman–Crippen LogP) is 3.83. The summed E-state index contributed by atoms with van der Waals surface area (Å²) >= 11 is 0. The van der Waals surface area contributed by atoms with E-state index in [0.717, 1.165) is 0 Å². The number of non-ortho nitro benzene ring substituents is 1. The Kier molecular flexibility index (Phi) is 6.78. The lowest BCUT2D eigenvalue weighted by atomic mass is 10.1. The SMILES string of the molecule is CC(c1cccc([N+](=O)[O-])c1)N(C)CC(=O)Nc1ccc(OC(F)F)cc1. The van der Waals surface area contributed by atoms with Gasteiger partial charge in [0.25, 0.3) is 5.69 Å². The lowest BCUT2D eigenvalue weighted by Crippen LogP contribution is -2.32. The molecule has 1 amide bonds. The summed E-state index contributed by atoms with van der Waals surface area (Å²) in [5.41, 5.74) is 1.15. The van der Waals surface area contributed by atoms with Crippen molar-refractivity contribution in [3.63, 3.8) is 0 Å². The van der Waals surface area contributed by atoms with Crippen molar-refractivity contribution in [2.45, 2.75) is 19.6 Å². The third-order valence-corrected chi connectivity index (χ3v) is 3.98. The lowest BCUT2D eigenvalue weighted by molar-refractivity contribution is -0.384. The summed E-state index contributed by atoms with van der Waals surface area (Å²) in [6.07, 6.45) is 0. The highest BCUT2D eigenvalue weighted by molar-refractivity contribution is 5.92. The van der Waals surface area contributed by atoms with Crippen LogP contribution in [0.1, 0.15) is 18.5 Å². The fourth-order valence-corrected chi connectivity index (χ4v) is 2.44. The second-order valence-electron chi connectivity index (χ2n) is 5.89. The maximum atomic E-state index is 12.2. The summed E-state index contributed by atoms with van der Waals surface area (Å²) in [6.45, 7) is -1.03. The standard InChI is InChI=1S/C18H19F2N3O4/c1-12(13-4-3-5-15(10-13)23(25)26)22(2)11-17(24)21-14-6-8-16(9-7-14)27-18(19)20/h3-10,12,18H,11H2,1-2H3,(H,21,24). The van der Waals surface area contributed by atoms with Crippen LogP contribution in [-0.2, 0) is 4.79 Å². The molecule has 1 unspecified atom stereocenters. The molecule has 2 aromatic carbocycles. The molecule has 2 aromatic rings. The van der Waals surface area contributed by atoms with Crippen LogP contribution < -0.4 is 10.1 Å². The number of carbonyl (C=O) groups excluding carboxylic acids is 1. The zero-order valence-electron chi connectivity index (χ0n) is 14.8. The van der Waals surface area contributed by atoms with Gasteiger partial charge in [-0.25, -0.2) is 0 Å². The van der Waals surface area contributed by atoms with Crippen molar-refractivity contribution in [2.24, 2.45) is 0 Å². The van der Waals surface area contributed by atoms with Crippen molar-refractivity contribution < 1.29 is 23.2 Å². The summed E-state index contributed by atoms with van der Waals surface area (Å²) in [5.74, 6) is -0.309. The lowest BCUT2D eigenvalue weighted by Gasteiger charge is -2.24. The van der Waals surface area contributed by atoms with Crippen LogP contribution in [-0.4, -0.2) is 35.9 Å². The zero-order chi connectivity index (χ0) is 20.0. The maximum absolute atomic E-state index is 12.2. The Morgan fingerprint density at radius 1 is 1.26 bits per heavy atom. The largest absolute Gasteiger partial charge is 0.435 e. The third kappa shape index (κ3) is 6.00. The zero-order valence-corrected chi connectivity index (χ0v) is 14.8. The number of nitrogens with one attached hydrogen (secondary N) is 1. The summed E-state index contributed by atoms with van der Waals surface area (Å²) in [6, 6.07) is 11.6. The van der Waals surface area contributed by atoms with Gasteiger partial charge in [0.15, 0.2) is 0 Å². The van der Waals surface area contributed by atoms with E-state index in [4.69, 9.17) is 0 Å². The molecule has 0 spiro atoms. The molecule has 7 nitrogen and oxygen atoms in total. The fourth-order valence-electron chi connectivity index (χ4n) is 2.44. The van der Waals surface area contributed by atoms with Crippen LogP contribution in [0.4, 0.5) is 20.2 Å². The van der Waals surface area contributed by atoms with Gasteiger partial charge in [0.2, 0.25) is 5.91 Å². The van der Waals surface area contributed by atoms with E-state index in [9.17, 15) is 23.7 Å². The first-order chi connectivity index (χ1) is 12.8. The highest BCUT2D eigenvalue weighted by atomic mass is 19.3. The number of amides is 1. The molecule has 0 heterocycles. The van der Waals surface area contributed by atoms with Gasteiger partial charge in [-0.15, -0.1) is 0 Å². The molecule has 2 rings (SSSR count). The molecule has 27 heavy (non-hydrogen) atoms. The number of rotatable bonds is 8. The Morgan fingerprint density at radius 2 is 1.93 bits per heavy atom. The minimum absolute atomic E-state index is 0.000545. The number of nitrogens with zero attached hydrogens (tertiary/aromatic N) is 2. The Morgan fingerprint density at radius 3 is 2.52 bits per heavy atom. The number of anilines is 1. The van der Waals surface area contributed by atoms with Crippen molar-refractivity contribution in [2.75, 3.05) is 18.9 Å². The number of nitro groups is 1. The highest BCUT2D eigenvalue weighted by Gasteiger charge is 2.17. The van der Waals surface area contributed by atoms with Crippen molar-refractivity contribution in [1.82, 2.24) is 4.90 Å². The molecule has 1 atom stereocenters. The fraction of sp³-hybridized carbons (Fsp3) is 0.278. The normalized spacial score (nSPS) is 12.1. The van der Waals surface area contributed by atoms with Crippen molar-refractivity contribution >= 4 is 17.3 Å². The predicted molar refractivity (Wildman–Crippen MR) is 95.8 cm³/mol. The van der Waals surface area contributed by atoms with Crippen LogP contribution in [0, 0.1) is 10.1 Å². The smallest absolute Gasteiger partial charge is 0.387 e. The van der Waals surface area contributed by atoms with E-state index in [0.29, 0.717) is 11.3 Å². The quantitative estimate of drug-likeness (QED) is 0.557. The van der Waals surface area contributed by atoms with E-state index >= 15 is 0 Å². The van der Waals surface area contributed by atoms with Crippen molar-refractivity contribution in [1.29, 1.82) is 0 Å². The van der Waals surface area contributed by atoms with Crippen LogP contribution in [0.2, 0.25) is 0 Å². The number of carbonyl (C=O) groups is 1. The molecule has 0 aromatic heterocycles. The number of hydrogen-bond donors (Lipinski definition) is 1. The average Bonchev–Trinajstić information content (AvgIpc) is 2.62. The van der Waals surface area contributed by atoms with Gasteiger partial charge in [0.05, 0.1) is 11.5 Å². The van der Waals surface area contributed by atoms with Crippen LogP contribution in [0.5, 0.6) is 5.75 Å². The van der Waals surface area contributed by atoms with E-state index in [1.54, 1.807) is 24.1 Å². The minimum Gasteiger partial charge on any atom is -0.435 e. The summed E-state index contributed by atoms with van der Waals surface area (Å²) < 4.78 is 28.5. The number of nitro benzene ring substituents is 1. The summed E-state index contributed by atoms with van der Waals surface area (Å²) in [5, 5.41) is 13.5. The van der Waals surface area contributed by atoms with Crippen LogP contribution in [0.3, 0.4) is 0 Å². The van der Waals surface area contributed by atoms with Gasteiger partial charge in [-0.1, -0.05) is 12.1 Å². The van der Waals surface area contributed by atoms with E-state index in [2.05, 4.69) is 10.1 Å². The molecular weight excluding hydrogens is 360 g/mol. The Hall–Kier alpha value is -3.07. The Balaban J connectivity index is 1.94. The number of ether oxygens (including phenoxy) is 1. The number of benzene rings is 2. The van der Waals surface area contributed by atoms with Crippen LogP contribution in [0.25, 0.3) is 0 Å². The molecule has 0 aliphatic heterocycles. The first-order valence-electron chi connectivity index (χ1n) is 8.05. The van der Waals surface area contributed by atoms with Gasteiger partial charge in [-0.2, -0.15) is 8.78 Å². The molecule has 1 N–H and O–H groups in total. The molecular formula is C18H19F2N3O4. The van der Waals surface area contributed by atoms with E-state index in [-0.39, 0.29) is 29.9 Å². The molecule has 0 fully saturated rings. The molecule has 0 radical (unpaired) electrons. The van der Waals surface area contributed by atoms with E-state index < -0.39 is 11.5 Å². The van der Waals surface area contributed by atoms with Gasteiger partial charge in [0, 0.05) is 23.9 Å². The average molecular weight is 379 g/mol. The molecule has 144 valence electrons. The number of alkyl halides is 2. The second kappa shape index (κ2) is 9.04. The molecule has 0 bridgehead atoms. The first-order valence-corrected chi connectivity index (χ1v) is 8.05. The van der Waals surface area contributed by atoms with Gasteiger partial charge in [-0.3, -0.25) is 19.8 Å². The number of halogens is 2. The van der Waals surface area contributed by atoms with Gasteiger partial charge < -0.3 is 10.1 Å². The summed E-state index contributed by atoms with van der Waals surface area (Å²) in [4.78, 5) is 24.3. The number of hydrogen-bond acceptors (Lipinski definition) is 5. The van der Waals surface area contributed by atoms with Gasteiger partial charge in [0.1, 0.15) is 5.75 Å². The second-order valence-corrected chi connectivity index (χ2v) is 5.89. The third-order valence-electron chi connectivity index (χ3n) is 3.98. The maximum Gasteiger partial charge on any atom is 0.387 e. The van der Waals surface area contributed by atoms with Gasteiger partial charge >= 0.3 is 6.61 Å². The van der Waals surface area contributed by atoms with Crippen LogP contribution >= 0.6 is 0 Å². The van der Waals surface area contributed by atoms with E-state index in [1.807, 2.05) is 6.92 Å². The van der Waals surface area contributed by atoms with Gasteiger partial charge in [-0.05, 0) is 43.8 Å². The molecule has 0 saturated heterocycles. The Labute approximate surface area is 154 Å². The first kappa shape index (κ1) is 20.2. The topological polar surface area (TPSA) is 84.7 Å². The van der Waals surface area contributed by atoms with Crippen molar-refractivity contribution in [3.8, 4) is 5.75 Å². The Bertz CT molecular complexity index is 799. The van der Waals surface area contributed by atoms with Crippen molar-refractivity contribution in [3.05, 3.63) is 64.2 Å². The molecule has 0 aliphatic carbocycles. The number of likely N-dealkylation sites (N-methyl/N-ethyl adjacent to an activating group) is 1. The van der Waals surface area contributed by atoms with E-state index in [1.165, 1.54) is 36.4 Å². The molecule has 0 aliphatic rings.